The molecule has 3 unspecified atom stereocenters. The number of aryl methyl sites for hydroxylation is 1. The van der Waals surface area contributed by atoms with Gasteiger partial charge in [0.25, 0.3) is 0 Å². The van der Waals surface area contributed by atoms with Crippen LogP contribution in [0.25, 0.3) is 0 Å². The van der Waals surface area contributed by atoms with Gasteiger partial charge in [-0.15, -0.1) is 0 Å². The zero-order valence-electron chi connectivity index (χ0n) is 14.5. The standard InChI is InChI=1S/C19H29NO3S/c1-14-5-2-8-16(11-14)20-12-17(21)13-23-24-18-9-3-6-15-7-4-10-22-19(15)18/h3,6,9,14,16-17,20-21H,2,4-5,7-8,10-13H2,1H3. The van der Waals surface area contributed by atoms with Crippen molar-refractivity contribution in [3.05, 3.63) is 23.8 Å². The first-order valence-corrected chi connectivity index (χ1v) is 9.92. The van der Waals surface area contributed by atoms with Crippen LogP contribution < -0.4 is 10.1 Å². The van der Waals surface area contributed by atoms with Gasteiger partial charge in [-0.3, -0.25) is 0 Å². The molecule has 2 aliphatic rings. The van der Waals surface area contributed by atoms with Crippen LogP contribution in [0, 0.1) is 5.92 Å². The molecule has 0 amide bonds. The van der Waals surface area contributed by atoms with Gasteiger partial charge in [-0.05, 0) is 43.2 Å². The van der Waals surface area contributed by atoms with Crippen LogP contribution in [0.4, 0.5) is 0 Å². The van der Waals surface area contributed by atoms with Gasteiger partial charge >= 0.3 is 0 Å². The molecule has 1 saturated carbocycles. The topological polar surface area (TPSA) is 50.7 Å². The van der Waals surface area contributed by atoms with Crippen LogP contribution >= 0.6 is 12.0 Å². The van der Waals surface area contributed by atoms with Crippen molar-refractivity contribution < 1.29 is 14.0 Å². The molecular weight excluding hydrogens is 322 g/mol. The SMILES string of the molecule is CC1CCCC(NCC(O)COSc2cccc3c2OCCC3)C1. The van der Waals surface area contributed by atoms with Gasteiger partial charge in [0.15, 0.2) is 0 Å². The summed E-state index contributed by atoms with van der Waals surface area (Å²) in [6.45, 7) is 4.01. The maximum absolute atomic E-state index is 10.1. The van der Waals surface area contributed by atoms with E-state index in [0.717, 1.165) is 36.0 Å². The van der Waals surface area contributed by atoms with Crippen molar-refractivity contribution in [1.29, 1.82) is 0 Å². The largest absolute Gasteiger partial charge is 0.492 e. The Morgan fingerprint density at radius 2 is 2.29 bits per heavy atom. The van der Waals surface area contributed by atoms with E-state index in [-0.39, 0.29) is 0 Å². The van der Waals surface area contributed by atoms with E-state index in [1.807, 2.05) is 12.1 Å². The third kappa shape index (κ3) is 5.12. The van der Waals surface area contributed by atoms with Gasteiger partial charge in [-0.1, -0.05) is 31.9 Å². The molecule has 0 radical (unpaired) electrons. The second-order valence-corrected chi connectivity index (χ2v) is 7.94. The Hall–Kier alpha value is -0.750. The Morgan fingerprint density at radius 3 is 3.17 bits per heavy atom. The summed E-state index contributed by atoms with van der Waals surface area (Å²) in [6, 6.07) is 6.72. The first-order valence-electron chi connectivity index (χ1n) is 9.18. The molecular formula is C19H29NO3S. The summed E-state index contributed by atoms with van der Waals surface area (Å²) in [5, 5.41) is 13.6. The highest BCUT2D eigenvalue weighted by Crippen LogP contribution is 2.36. The number of benzene rings is 1. The lowest BCUT2D eigenvalue weighted by Gasteiger charge is -2.28. The molecule has 1 aromatic rings. The van der Waals surface area contributed by atoms with E-state index in [4.69, 9.17) is 8.92 Å². The Kier molecular flexibility index (Phi) is 6.84. The minimum Gasteiger partial charge on any atom is -0.492 e. The molecule has 1 aliphatic heterocycles. The lowest BCUT2D eigenvalue weighted by atomic mass is 9.87. The third-order valence-corrected chi connectivity index (χ3v) is 5.64. The number of aliphatic hydroxyl groups excluding tert-OH is 1. The van der Waals surface area contributed by atoms with E-state index in [2.05, 4.69) is 18.3 Å². The number of aliphatic hydroxyl groups is 1. The minimum absolute atomic E-state index is 0.323. The van der Waals surface area contributed by atoms with Crippen LogP contribution in [0.15, 0.2) is 23.1 Å². The van der Waals surface area contributed by atoms with Gasteiger partial charge in [-0.25, -0.2) is 0 Å². The number of para-hydroxylation sites is 1. The van der Waals surface area contributed by atoms with Crippen molar-refractivity contribution in [3.63, 3.8) is 0 Å². The van der Waals surface area contributed by atoms with E-state index in [1.165, 1.54) is 43.3 Å². The lowest BCUT2D eigenvalue weighted by Crippen LogP contribution is -2.39. The van der Waals surface area contributed by atoms with Crippen molar-refractivity contribution in [2.75, 3.05) is 19.8 Å². The monoisotopic (exact) mass is 351 g/mol. The van der Waals surface area contributed by atoms with Crippen molar-refractivity contribution >= 4 is 12.0 Å². The van der Waals surface area contributed by atoms with E-state index < -0.39 is 6.10 Å². The van der Waals surface area contributed by atoms with Crippen LogP contribution in [0.1, 0.15) is 44.6 Å². The number of fused-ring (bicyclic) bond motifs is 1. The van der Waals surface area contributed by atoms with E-state index >= 15 is 0 Å². The molecule has 24 heavy (non-hydrogen) atoms. The fourth-order valence-electron chi connectivity index (χ4n) is 3.58. The van der Waals surface area contributed by atoms with E-state index in [0.29, 0.717) is 19.2 Å². The van der Waals surface area contributed by atoms with Crippen LogP contribution in [0.3, 0.4) is 0 Å². The Bertz CT molecular complexity index is 525. The van der Waals surface area contributed by atoms with E-state index in [1.54, 1.807) is 0 Å². The molecule has 1 aromatic carbocycles. The highest BCUT2D eigenvalue weighted by atomic mass is 32.2. The van der Waals surface area contributed by atoms with Crippen LogP contribution in [-0.4, -0.2) is 37.0 Å². The van der Waals surface area contributed by atoms with Gasteiger partial charge in [0.05, 0.1) is 24.2 Å². The molecule has 0 saturated heterocycles. The fourth-order valence-corrected chi connectivity index (χ4v) is 4.33. The molecule has 2 N–H and O–H groups in total. The zero-order chi connectivity index (χ0) is 16.8. The highest BCUT2D eigenvalue weighted by Gasteiger charge is 2.19. The maximum Gasteiger partial charge on any atom is 0.138 e. The van der Waals surface area contributed by atoms with Gasteiger partial charge in [0.2, 0.25) is 0 Å². The molecule has 1 aliphatic carbocycles. The van der Waals surface area contributed by atoms with E-state index in [9.17, 15) is 5.11 Å². The molecule has 3 rings (SSSR count). The highest BCUT2D eigenvalue weighted by molar-refractivity contribution is 7.94. The first kappa shape index (κ1) is 18.1. The van der Waals surface area contributed by atoms with Gasteiger partial charge in [0.1, 0.15) is 5.75 Å². The second kappa shape index (κ2) is 9.09. The predicted molar refractivity (Wildman–Crippen MR) is 97.5 cm³/mol. The predicted octanol–water partition coefficient (Wildman–Crippen LogP) is 3.56. The summed E-state index contributed by atoms with van der Waals surface area (Å²) in [5.74, 6) is 1.75. The summed E-state index contributed by atoms with van der Waals surface area (Å²) in [4.78, 5) is 1.01. The average molecular weight is 352 g/mol. The Morgan fingerprint density at radius 1 is 1.38 bits per heavy atom. The van der Waals surface area contributed by atoms with Crippen LogP contribution in [0.5, 0.6) is 5.75 Å². The molecule has 0 bridgehead atoms. The Balaban J connectivity index is 1.38. The zero-order valence-corrected chi connectivity index (χ0v) is 15.3. The first-order chi connectivity index (χ1) is 11.7. The number of rotatable bonds is 7. The number of nitrogens with one attached hydrogen (secondary N) is 1. The molecule has 0 aromatic heterocycles. The maximum atomic E-state index is 10.1. The summed E-state index contributed by atoms with van der Waals surface area (Å²) >= 11 is 1.31. The Labute approximate surface area is 149 Å². The lowest BCUT2D eigenvalue weighted by molar-refractivity contribution is 0.110. The molecule has 1 fully saturated rings. The van der Waals surface area contributed by atoms with Crippen LogP contribution in [-0.2, 0) is 10.6 Å². The summed E-state index contributed by atoms with van der Waals surface area (Å²) in [7, 11) is 0. The number of hydrogen-bond acceptors (Lipinski definition) is 5. The molecule has 134 valence electrons. The molecule has 3 atom stereocenters. The van der Waals surface area contributed by atoms with Crippen molar-refractivity contribution in [3.8, 4) is 5.75 Å². The van der Waals surface area contributed by atoms with Gasteiger partial charge in [0, 0.05) is 24.6 Å². The van der Waals surface area contributed by atoms with Crippen molar-refractivity contribution in [2.45, 2.75) is 62.5 Å². The van der Waals surface area contributed by atoms with Crippen LogP contribution in [0.2, 0.25) is 0 Å². The summed E-state index contributed by atoms with van der Waals surface area (Å²) in [5.41, 5.74) is 1.25. The molecule has 5 heteroatoms. The second-order valence-electron chi connectivity index (χ2n) is 7.10. The van der Waals surface area contributed by atoms with Crippen molar-refractivity contribution in [1.82, 2.24) is 5.32 Å². The molecule has 4 nitrogen and oxygen atoms in total. The third-order valence-electron chi connectivity index (χ3n) is 4.88. The number of ether oxygens (including phenoxy) is 1. The van der Waals surface area contributed by atoms with Gasteiger partial charge in [-0.2, -0.15) is 0 Å². The average Bonchev–Trinajstić information content (AvgIpc) is 2.60. The smallest absolute Gasteiger partial charge is 0.138 e. The summed E-state index contributed by atoms with van der Waals surface area (Å²) < 4.78 is 11.4. The summed E-state index contributed by atoms with van der Waals surface area (Å²) in [6.07, 6.45) is 6.73. The normalized spacial score (nSPS) is 24.9. The van der Waals surface area contributed by atoms with Crippen molar-refractivity contribution in [2.24, 2.45) is 5.92 Å². The van der Waals surface area contributed by atoms with Gasteiger partial charge < -0.3 is 19.3 Å². The molecule has 0 spiro atoms. The fraction of sp³-hybridized carbons (Fsp3) is 0.684. The minimum atomic E-state index is -0.477. The molecule has 1 heterocycles. The number of hydrogen-bond donors (Lipinski definition) is 2. The quantitative estimate of drug-likeness (QED) is 0.736.